The summed E-state index contributed by atoms with van der Waals surface area (Å²) in [6, 6.07) is 7.16. The van der Waals surface area contributed by atoms with Gasteiger partial charge in [-0.2, -0.15) is 0 Å². The van der Waals surface area contributed by atoms with E-state index in [9.17, 15) is 4.39 Å². The van der Waals surface area contributed by atoms with Crippen molar-refractivity contribution in [2.75, 3.05) is 0 Å². The average molecular weight is 283 g/mol. The minimum atomic E-state index is -0.152. The maximum Gasteiger partial charge on any atom is 0.123 e. The molecule has 1 atom stereocenters. The Morgan fingerprint density at radius 3 is 2.57 bits per heavy atom. The highest BCUT2D eigenvalue weighted by molar-refractivity contribution is 5.84. The first-order valence-corrected chi connectivity index (χ1v) is 8.18. The van der Waals surface area contributed by atoms with Crippen LogP contribution < -0.4 is 0 Å². The molecule has 21 heavy (non-hydrogen) atoms. The molecule has 0 spiro atoms. The Balaban J connectivity index is 1.90. The van der Waals surface area contributed by atoms with Crippen LogP contribution in [0, 0.1) is 17.2 Å². The van der Waals surface area contributed by atoms with Gasteiger partial charge in [-0.3, -0.25) is 4.98 Å². The van der Waals surface area contributed by atoms with Crippen LogP contribution >= 0.6 is 0 Å². The Morgan fingerprint density at radius 2 is 1.95 bits per heavy atom. The molecular formula is C19H22FN. The van der Waals surface area contributed by atoms with Crippen molar-refractivity contribution in [2.24, 2.45) is 11.3 Å². The Kier molecular flexibility index (Phi) is 2.70. The zero-order valence-electron chi connectivity index (χ0n) is 12.8. The van der Waals surface area contributed by atoms with Crippen LogP contribution in [0.1, 0.15) is 51.5 Å². The van der Waals surface area contributed by atoms with E-state index in [1.165, 1.54) is 43.7 Å². The third kappa shape index (κ3) is 1.48. The normalized spacial score (nSPS) is 32.1. The molecule has 2 aliphatic rings. The van der Waals surface area contributed by atoms with Crippen molar-refractivity contribution in [1.82, 2.24) is 4.98 Å². The first-order chi connectivity index (χ1) is 10.1. The molecule has 4 rings (SSSR count). The van der Waals surface area contributed by atoms with Gasteiger partial charge in [0.05, 0.1) is 5.52 Å². The number of hydrogen-bond acceptors (Lipinski definition) is 1. The van der Waals surface area contributed by atoms with Crippen molar-refractivity contribution in [3.63, 3.8) is 0 Å². The van der Waals surface area contributed by atoms with E-state index in [0.717, 1.165) is 16.8 Å². The van der Waals surface area contributed by atoms with Crippen LogP contribution in [0.2, 0.25) is 0 Å². The fraction of sp³-hybridized carbons (Fsp3) is 0.526. The molecule has 0 N–H and O–H groups in total. The van der Waals surface area contributed by atoms with Gasteiger partial charge in [-0.15, -0.1) is 0 Å². The topological polar surface area (TPSA) is 12.9 Å². The second kappa shape index (κ2) is 4.28. The molecule has 2 fully saturated rings. The van der Waals surface area contributed by atoms with Crippen LogP contribution in [0.4, 0.5) is 4.39 Å². The summed E-state index contributed by atoms with van der Waals surface area (Å²) in [7, 11) is 0. The van der Waals surface area contributed by atoms with Gasteiger partial charge in [0.25, 0.3) is 0 Å². The maximum atomic E-state index is 13.7. The molecule has 1 aromatic carbocycles. The Hall–Kier alpha value is -1.44. The lowest BCUT2D eigenvalue weighted by molar-refractivity contribution is -0.151. The van der Waals surface area contributed by atoms with Crippen molar-refractivity contribution in [2.45, 2.75) is 51.4 Å². The standard InChI is InChI=1S/C19H22FN/c1-3-13(2)18-7-9-19(18,10-8-18)16-6-11-21-17-5-4-14(20)12-15(16)17/h4-6,11-13H,3,7-10H2,1-2H3. The van der Waals surface area contributed by atoms with Crippen LogP contribution in [0.5, 0.6) is 0 Å². The second-order valence-corrected chi connectivity index (χ2v) is 7.07. The highest BCUT2D eigenvalue weighted by Crippen LogP contribution is 2.74. The van der Waals surface area contributed by atoms with Crippen LogP contribution in [-0.4, -0.2) is 4.98 Å². The van der Waals surface area contributed by atoms with E-state index in [-0.39, 0.29) is 11.2 Å². The zero-order valence-corrected chi connectivity index (χ0v) is 12.8. The third-order valence-corrected chi connectivity index (χ3v) is 6.72. The summed E-state index contributed by atoms with van der Waals surface area (Å²) >= 11 is 0. The molecule has 0 amide bonds. The smallest absolute Gasteiger partial charge is 0.123 e. The van der Waals surface area contributed by atoms with Gasteiger partial charge in [0.1, 0.15) is 5.82 Å². The first-order valence-electron chi connectivity index (χ1n) is 8.18. The lowest BCUT2D eigenvalue weighted by Gasteiger charge is -2.71. The molecule has 1 nitrogen and oxygen atoms in total. The summed E-state index contributed by atoms with van der Waals surface area (Å²) in [5.41, 5.74) is 3.03. The van der Waals surface area contributed by atoms with Gasteiger partial charge in [-0.25, -0.2) is 4.39 Å². The van der Waals surface area contributed by atoms with E-state index >= 15 is 0 Å². The molecule has 0 saturated heterocycles. The largest absolute Gasteiger partial charge is 0.256 e. The number of benzene rings is 1. The van der Waals surface area contributed by atoms with Crippen LogP contribution in [0.3, 0.4) is 0 Å². The van der Waals surface area contributed by atoms with Gasteiger partial charge in [0.15, 0.2) is 0 Å². The Bertz CT molecular complexity index is 698. The molecule has 2 aromatic rings. The summed E-state index contributed by atoms with van der Waals surface area (Å²) in [4.78, 5) is 4.43. The molecule has 0 bridgehead atoms. The van der Waals surface area contributed by atoms with Gasteiger partial charge >= 0.3 is 0 Å². The summed E-state index contributed by atoms with van der Waals surface area (Å²) in [5.74, 6) is 0.595. The lowest BCUT2D eigenvalue weighted by atomic mass is 9.32. The van der Waals surface area contributed by atoms with Gasteiger partial charge in [0, 0.05) is 17.0 Å². The minimum Gasteiger partial charge on any atom is -0.256 e. The molecule has 0 aliphatic heterocycles. The molecule has 1 aromatic heterocycles. The number of pyridine rings is 1. The monoisotopic (exact) mass is 283 g/mol. The number of nitrogens with zero attached hydrogens (tertiary/aromatic N) is 1. The minimum absolute atomic E-state index is 0.152. The fourth-order valence-corrected chi connectivity index (χ4v) is 5.17. The fourth-order valence-electron chi connectivity index (χ4n) is 5.17. The maximum absolute atomic E-state index is 13.7. The highest BCUT2D eigenvalue weighted by atomic mass is 19.1. The van der Waals surface area contributed by atoms with Crippen molar-refractivity contribution >= 4 is 10.9 Å². The number of halogens is 1. The predicted molar refractivity (Wildman–Crippen MR) is 83.7 cm³/mol. The molecule has 1 unspecified atom stereocenters. The summed E-state index contributed by atoms with van der Waals surface area (Å²) in [6.45, 7) is 4.70. The highest BCUT2D eigenvalue weighted by Gasteiger charge is 2.67. The van der Waals surface area contributed by atoms with Crippen molar-refractivity contribution in [3.05, 3.63) is 41.8 Å². The number of aromatic nitrogens is 1. The van der Waals surface area contributed by atoms with Gasteiger partial charge in [0.2, 0.25) is 0 Å². The average Bonchev–Trinajstić information content (AvgIpc) is 2.50. The summed E-state index contributed by atoms with van der Waals surface area (Å²) in [6.07, 6.45) is 8.32. The van der Waals surface area contributed by atoms with E-state index in [4.69, 9.17) is 0 Å². The van der Waals surface area contributed by atoms with Gasteiger partial charge in [-0.05, 0) is 66.8 Å². The van der Waals surface area contributed by atoms with Crippen molar-refractivity contribution in [3.8, 4) is 0 Å². The van der Waals surface area contributed by atoms with Crippen LogP contribution in [0.15, 0.2) is 30.5 Å². The van der Waals surface area contributed by atoms with E-state index < -0.39 is 0 Å². The van der Waals surface area contributed by atoms with E-state index in [1.54, 1.807) is 6.07 Å². The molecule has 2 saturated carbocycles. The van der Waals surface area contributed by atoms with E-state index in [0.29, 0.717) is 5.41 Å². The SMILES string of the molecule is CCC(C)C12CCC1(c1ccnc3ccc(F)cc13)CC2. The summed E-state index contributed by atoms with van der Waals surface area (Å²) < 4.78 is 13.7. The second-order valence-electron chi connectivity index (χ2n) is 7.07. The quantitative estimate of drug-likeness (QED) is 0.751. The van der Waals surface area contributed by atoms with Gasteiger partial charge in [-0.1, -0.05) is 20.3 Å². The van der Waals surface area contributed by atoms with E-state index in [1.807, 2.05) is 12.3 Å². The molecule has 110 valence electrons. The Morgan fingerprint density at radius 1 is 1.19 bits per heavy atom. The van der Waals surface area contributed by atoms with Gasteiger partial charge < -0.3 is 0 Å². The third-order valence-electron chi connectivity index (χ3n) is 6.72. The molecule has 0 radical (unpaired) electrons. The molecule has 2 aliphatic carbocycles. The van der Waals surface area contributed by atoms with E-state index in [2.05, 4.69) is 24.9 Å². The lowest BCUT2D eigenvalue weighted by Crippen LogP contribution is -2.65. The predicted octanol–water partition coefficient (Wildman–Crippen LogP) is 5.23. The molecular weight excluding hydrogens is 261 g/mol. The van der Waals surface area contributed by atoms with Crippen molar-refractivity contribution in [1.29, 1.82) is 0 Å². The first kappa shape index (κ1) is 13.2. The molecule has 1 heterocycles. The van der Waals surface area contributed by atoms with Crippen LogP contribution in [-0.2, 0) is 5.41 Å². The number of fused-ring (bicyclic) bond motifs is 2. The summed E-state index contributed by atoms with van der Waals surface area (Å²) in [5, 5.41) is 1.03. The van der Waals surface area contributed by atoms with Crippen LogP contribution in [0.25, 0.3) is 10.9 Å². The zero-order chi connectivity index (χ0) is 14.7. The molecule has 2 heteroatoms. The number of hydrogen-bond donors (Lipinski definition) is 0. The Labute approximate surface area is 125 Å². The number of rotatable bonds is 3. The van der Waals surface area contributed by atoms with Crippen molar-refractivity contribution < 1.29 is 4.39 Å².